The summed E-state index contributed by atoms with van der Waals surface area (Å²) in [6.45, 7) is 2.79. The average Bonchev–Trinajstić information content (AvgIpc) is 2.48. The SMILES string of the molecule is COC(=O)CCCC(=O)Cc1ccc(C(C(C)=O)C(C)=O)cc1. The van der Waals surface area contributed by atoms with Gasteiger partial charge in [-0.25, -0.2) is 0 Å². The number of methoxy groups -OCH3 is 1. The van der Waals surface area contributed by atoms with E-state index in [1.807, 2.05) is 0 Å². The van der Waals surface area contributed by atoms with E-state index >= 15 is 0 Å². The molecule has 0 aliphatic rings. The highest BCUT2D eigenvalue weighted by molar-refractivity contribution is 6.05. The molecule has 0 atom stereocenters. The molecule has 0 amide bonds. The first-order valence-corrected chi connectivity index (χ1v) is 7.53. The summed E-state index contributed by atoms with van der Waals surface area (Å²) in [6.07, 6.45) is 1.30. The maximum atomic E-state index is 11.9. The Morgan fingerprint density at radius 1 is 0.957 bits per heavy atom. The van der Waals surface area contributed by atoms with Gasteiger partial charge in [-0.15, -0.1) is 0 Å². The molecule has 5 nitrogen and oxygen atoms in total. The minimum absolute atomic E-state index is 0.0383. The van der Waals surface area contributed by atoms with Gasteiger partial charge in [0.15, 0.2) is 0 Å². The average molecular weight is 318 g/mol. The van der Waals surface area contributed by atoms with Crippen LogP contribution in [0.15, 0.2) is 24.3 Å². The number of carbonyl (C=O) groups excluding carboxylic acids is 4. The van der Waals surface area contributed by atoms with Crippen molar-refractivity contribution in [2.45, 2.75) is 45.4 Å². The van der Waals surface area contributed by atoms with E-state index in [1.54, 1.807) is 24.3 Å². The zero-order valence-corrected chi connectivity index (χ0v) is 13.8. The molecule has 0 aliphatic carbocycles. The first-order valence-electron chi connectivity index (χ1n) is 7.53. The van der Waals surface area contributed by atoms with Crippen LogP contribution in [-0.2, 0) is 30.3 Å². The van der Waals surface area contributed by atoms with Crippen LogP contribution in [0.1, 0.15) is 50.2 Å². The van der Waals surface area contributed by atoms with Gasteiger partial charge in [0, 0.05) is 19.3 Å². The van der Waals surface area contributed by atoms with E-state index < -0.39 is 5.92 Å². The summed E-state index contributed by atoms with van der Waals surface area (Å²) in [6, 6.07) is 6.94. The number of ketones is 3. The van der Waals surface area contributed by atoms with E-state index in [1.165, 1.54) is 21.0 Å². The van der Waals surface area contributed by atoms with Crippen molar-refractivity contribution in [2.24, 2.45) is 0 Å². The van der Waals surface area contributed by atoms with Crippen molar-refractivity contribution in [3.05, 3.63) is 35.4 Å². The molecule has 23 heavy (non-hydrogen) atoms. The molecule has 0 unspecified atom stereocenters. The van der Waals surface area contributed by atoms with Gasteiger partial charge in [0.25, 0.3) is 0 Å². The van der Waals surface area contributed by atoms with Gasteiger partial charge in [-0.2, -0.15) is 0 Å². The second-order valence-electron chi connectivity index (χ2n) is 5.54. The fourth-order valence-electron chi connectivity index (χ4n) is 2.43. The smallest absolute Gasteiger partial charge is 0.305 e. The van der Waals surface area contributed by atoms with Gasteiger partial charge in [-0.05, 0) is 31.4 Å². The van der Waals surface area contributed by atoms with Gasteiger partial charge in [0.05, 0.1) is 7.11 Å². The highest BCUT2D eigenvalue weighted by Crippen LogP contribution is 2.19. The lowest BCUT2D eigenvalue weighted by Gasteiger charge is -2.11. The number of esters is 1. The van der Waals surface area contributed by atoms with E-state index in [2.05, 4.69) is 4.74 Å². The number of ether oxygens (including phenoxy) is 1. The Morgan fingerprint density at radius 2 is 1.52 bits per heavy atom. The van der Waals surface area contributed by atoms with Crippen molar-refractivity contribution in [2.75, 3.05) is 7.11 Å². The molecule has 0 N–H and O–H groups in total. The van der Waals surface area contributed by atoms with Crippen molar-refractivity contribution in [1.82, 2.24) is 0 Å². The van der Waals surface area contributed by atoms with E-state index in [4.69, 9.17) is 0 Å². The summed E-state index contributed by atoms with van der Waals surface area (Å²) in [5.74, 6) is -1.40. The van der Waals surface area contributed by atoms with Crippen LogP contribution in [0.25, 0.3) is 0 Å². The zero-order valence-electron chi connectivity index (χ0n) is 13.8. The maximum Gasteiger partial charge on any atom is 0.305 e. The molecule has 0 radical (unpaired) electrons. The molecule has 0 spiro atoms. The van der Waals surface area contributed by atoms with Crippen LogP contribution in [0.4, 0.5) is 0 Å². The molecule has 1 aromatic rings. The summed E-state index contributed by atoms with van der Waals surface area (Å²) < 4.78 is 4.52. The van der Waals surface area contributed by atoms with E-state index in [9.17, 15) is 19.2 Å². The summed E-state index contributed by atoms with van der Waals surface area (Å²) in [7, 11) is 1.32. The van der Waals surface area contributed by atoms with Crippen LogP contribution >= 0.6 is 0 Å². The number of benzene rings is 1. The molecular formula is C18H22O5. The third-order valence-electron chi connectivity index (χ3n) is 3.59. The number of Topliss-reactive ketones (excluding diaryl/α,β-unsaturated/α-hetero) is 3. The molecule has 0 heterocycles. The predicted molar refractivity (Wildman–Crippen MR) is 85.1 cm³/mol. The largest absolute Gasteiger partial charge is 0.469 e. The van der Waals surface area contributed by atoms with Gasteiger partial charge in [-0.1, -0.05) is 24.3 Å². The predicted octanol–water partition coefficient (Wildman–Crippen LogP) is 2.40. The number of hydrogen-bond acceptors (Lipinski definition) is 5. The molecule has 0 saturated carbocycles. The van der Waals surface area contributed by atoms with Gasteiger partial charge in [0.1, 0.15) is 23.3 Å². The normalized spacial score (nSPS) is 10.4. The Hall–Kier alpha value is -2.30. The minimum atomic E-state index is -0.736. The van der Waals surface area contributed by atoms with E-state index in [0.717, 1.165) is 5.56 Å². The summed E-state index contributed by atoms with van der Waals surface area (Å²) in [4.78, 5) is 45.9. The Kier molecular flexibility index (Phi) is 7.32. The van der Waals surface area contributed by atoms with Crippen molar-refractivity contribution < 1.29 is 23.9 Å². The van der Waals surface area contributed by atoms with E-state index in [-0.39, 0.29) is 36.2 Å². The summed E-state index contributed by atoms with van der Waals surface area (Å²) in [5.41, 5.74) is 1.47. The fraction of sp³-hybridized carbons (Fsp3) is 0.444. The quantitative estimate of drug-likeness (QED) is 0.516. The van der Waals surface area contributed by atoms with Crippen molar-refractivity contribution in [1.29, 1.82) is 0 Å². The lowest BCUT2D eigenvalue weighted by Crippen LogP contribution is -2.17. The van der Waals surface area contributed by atoms with Gasteiger partial charge < -0.3 is 4.74 Å². The second kappa shape index (κ2) is 8.98. The third-order valence-corrected chi connectivity index (χ3v) is 3.59. The Bertz CT molecular complexity index is 572. The molecule has 1 aromatic carbocycles. The Morgan fingerprint density at radius 3 is 2.00 bits per heavy atom. The molecule has 0 fully saturated rings. The third kappa shape index (κ3) is 6.14. The van der Waals surface area contributed by atoms with Gasteiger partial charge in [0.2, 0.25) is 0 Å². The molecule has 0 aromatic heterocycles. The highest BCUT2D eigenvalue weighted by Gasteiger charge is 2.21. The lowest BCUT2D eigenvalue weighted by atomic mass is 9.91. The molecule has 5 heteroatoms. The molecule has 0 bridgehead atoms. The maximum absolute atomic E-state index is 11.9. The Balaban J connectivity index is 2.60. The van der Waals surface area contributed by atoms with Crippen LogP contribution in [0.5, 0.6) is 0 Å². The molecule has 0 saturated heterocycles. The molecule has 0 aliphatic heterocycles. The molecular weight excluding hydrogens is 296 g/mol. The fourth-order valence-corrected chi connectivity index (χ4v) is 2.43. The van der Waals surface area contributed by atoms with Crippen LogP contribution < -0.4 is 0 Å². The summed E-state index contributed by atoms with van der Waals surface area (Å²) >= 11 is 0. The first kappa shape index (κ1) is 18.7. The van der Waals surface area contributed by atoms with Crippen molar-refractivity contribution in [3.63, 3.8) is 0 Å². The highest BCUT2D eigenvalue weighted by atomic mass is 16.5. The second-order valence-corrected chi connectivity index (χ2v) is 5.54. The van der Waals surface area contributed by atoms with E-state index in [0.29, 0.717) is 18.4 Å². The number of rotatable bonds is 9. The van der Waals surface area contributed by atoms with Crippen LogP contribution in [0.3, 0.4) is 0 Å². The van der Waals surface area contributed by atoms with Crippen molar-refractivity contribution in [3.8, 4) is 0 Å². The monoisotopic (exact) mass is 318 g/mol. The molecule has 1 rings (SSSR count). The van der Waals surface area contributed by atoms with Crippen molar-refractivity contribution >= 4 is 23.3 Å². The first-order chi connectivity index (χ1) is 10.8. The zero-order chi connectivity index (χ0) is 17.4. The summed E-state index contributed by atoms with van der Waals surface area (Å²) in [5, 5.41) is 0. The van der Waals surface area contributed by atoms with Gasteiger partial charge >= 0.3 is 5.97 Å². The Labute approximate surface area is 136 Å². The standard InChI is InChI=1S/C18H22O5/c1-12(19)18(13(2)20)15-9-7-14(8-10-15)11-16(21)5-4-6-17(22)23-3/h7-10,18H,4-6,11H2,1-3H3. The number of carbonyl (C=O) groups is 4. The van der Waals surface area contributed by atoms with Crippen LogP contribution in [0, 0.1) is 0 Å². The lowest BCUT2D eigenvalue weighted by molar-refractivity contribution is -0.140. The van der Waals surface area contributed by atoms with Crippen LogP contribution in [-0.4, -0.2) is 30.4 Å². The topological polar surface area (TPSA) is 77.5 Å². The number of hydrogen-bond donors (Lipinski definition) is 0. The van der Waals surface area contributed by atoms with Gasteiger partial charge in [-0.3, -0.25) is 19.2 Å². The van der Waals surface area contributed by atoms with Crippen LogP contribution in [0.2, 0.25) is 0 Å². The molecule has 124 valence electrons. The minimum Gasteiger partial charge on any atom is -0.469 e.